The first-order valence-corrected chi connectivity index (χ1v) is 5.76. The van der Waals surface area contributed by atoms with Crippen molar-refractivity contribution in [2.24, 2.45) is 0 Å². The Bertz CT molecular complexity index is 422. The van der Waals surface area contributed by atoms with E-state index in [9.17, 15) is 4.79 Å². The molecule has 0 aliphatic carbocycles. The number of hydrogen-bond donors (Lipinski definition) is 2. The molecule has 1 rings (SSSR count). The van der Waals surface area contributed by atoms with E-state index in [0.717, 1.165) is 5.56 Å². The van der Waals surface area contributed by atoms with Gasteiger partial charge in [-0.15, -0.1) is 0 Å². The molecule has 106 valence electrons. The summed E-state index contributed by atoms with van der Waals surface area (Å²) in [7, 11) is 6.17. The summed E-state index contributed by atoms with van der Waals surface area (Å²) in [6, 6.07) is 2.83. The van der Waals surface area contributed by atoms with Gasteiger partial charge < -0.3 is 24.6 Å². The Morgan fingerprint density at radius 1 is 1.21 bits per heavy atom. The summed E-state index contributed by atoms with van der Waals surface area (Å²) in [6.07, 6.45) is 0.322. The fourth-order valence-corrected chi connectivity index (χ4v) is 1.80. The molecule has 0 saturated heterocycles. The standard InChI is InChI=1S/C13H19NO5/c1-14-9(13(15)16)5-8-6-10(17-2)12(19-4)11(7-8)18-3/h6-7,9,14H,5H2,1-4H3,(H,15,16). The van der Waals surface area contributed by atoms with Crippen LogP contribution in [0.2, 0.25) is 0 Å². The molecule has 0 radical (unpaired) electrons. The highest BCUT2D eigenvalue weighted by molar-refractivity contribution is 5.74. The van der Waals surface area contributed by atoms with Crippen LogP contribution >= 0.6 is 0 Å². The lowest BCUT2D eigenvalue weighted by atomic mass is 10.0. The normalized spacial score (nSPS) is 11.8. The van der Waals surface area contributed by atoms with Gasteiger partial charge in [-0.25, -0.2) is 0 Å². The van der Waals surface area contributed by atoms with E-state index in [1.54, 1.807) is 19.2 Å². The van der Waals surface area contributed by atoms with Crippen molar-refractivity contribution in [2.75, 3.05) is 28.4 Å². The van der Waals surface area contributed by atoms with Gasteiger partial charge in [-0.05, 0) is 31.2 Å². The van der Waals surface area contributed by atoms with E-state index in [1.807, 2.05) is 0 Å². The lowest BCUT2D eigenvalue weighted by Crippen LogP contribution is -2.35. The van der Waals surface area contributed by atoms with E-state index in [-0.39, 0.29) is 0 Å². The van der Waals surface area contributed by atoms with E-state index in [0.29, 0.717) is 23.7 Å². The molecule has 19 heavy (non-hydrogen) atoms. The predicted octanol–water partition coefficient (Wildman–Crippen LogP) is 0.927. The third-order valence-corrected chi connectivity index (χ3v) is 2.81. The topological polar surface area (TPSA) is 77.0 Å². The largest absolute Gasteiger partial charge is 0.493 e. The number of hydrogen-bond acceptors (Lipinski definition) is 5. The van der Waals surface area contributed by atoms with E-state index >= 15 is 0 Å². The van der Waals surface area contributed by atoms with Gasteiger partial charge in [0.1, 0.15) is 6.04 Å². The first-order valence-electron chi connectivity index (χ1n) is 5.76. The number of likely N-dealkylation sites (N-methyl/N-ethyl adjacent to an activating group) is 1. The maximum Gasteiger partial charge on any atom is 0.321 e. The lowest BCUT2D eigenvalue weighted by molar-refractivity contribution is -0.139. The molecule has 0 spiro atoms. The van der Waals surface area contributed by atoms with Crippen molar-refractivity contribution < 1.29 is 24.1 Å². The Kier molecular flexibility index (Phi) is 5.44. The second-order valence-corrected chi connectivity index (χ2v) is 3.92. The van der Waals surface area contributed by atoms with Crippen LogP contribution in [0.15, 0.2) is 12.1 Å². The molecule has 0 aliphatic rings. The fraction of sp³-hybridized carbons (Fsp3) is 0.462. The smallest absolute Gasteiger partial charge is 0.321 e. The van der Waals surface area contributed by atoms with E-state index in [2.05, 4.69) is 5.32 Å². The quantitative estimate of drug-likeness (QED) is 0.766. The second-order valence-electron chi connectivity index (χ2n) is 3.92. The monoisotopic (exact) mass is 269 g/mol. The molecule has 0 aliphatic heterocycles. The summed E-state index contributed by atoms with van der Waals surface area (Å²) in [6.45, 7) is 0. The summed E-state index contributed by atoms with van der Waals surface area (Å²) in [5.41, 5.74) is 0.788. The minimum atomic E-state index is -0.906. The van der Waals surface area contributed by atoms with Gasteiger partial charge in [-0.3, -0.25) is 4.79 Å². The minimum Gasteiger partial charge on any atom is -0.493 e. The number of ether oxygens (including phenoxy) is 3. The number of carboxylic acid groups (broad SMARTS) is 1. The van der Waals surface area contributed by atoms with Gasteiger partial charge in [0.25, 0.3) is 0 Å². The summed E-state index contributed by atoms with van der Waals surface area (Å²) >= 11 is 0. The number of nitrogens with one attached hydrogen (secondary N) is 1. The van der Waals surface area contributed by atoms with Crippen LogP contribution in [0.25, 0.3) is 0 Å². The fourth-order valence-electron chi connectivity index (χ4n) is 1.80. The van der Waals surface area contributed by atoms with Crippen LogP contribution in [0.3, 0.4) is 0 Å². The molecule has 6 nitrogen and oxygen atoms in total. The summed E-state index contributed by atoms with van der Waals surface area (Å²) in [4.78, 5) is 11.0. The van der Waals surface area contributed by atoms with Gasteiger partial charge in [-0.1, -0.05) is 0 Å². The highest BCUT2D eigenvalue weighted by Gasteiger charge is 2.19. The number of carbonyl (C=O) groups is 1. The minimum absolute atomic E-state index is 0.322. The van der Waals surface area contributed by atoms with Crippen molar-refractivity contribution in [3.63, 3.8) is 0 Å². The van der Waals surface area contributed by atoms with Gasteiger partial charge in [0.2, 0.25) is 5.75 Å². The number of aliphatic carboxylic acids is 1. The highest BCUT2D eigenvalue weighted by atomic mass is 16.5. The predicted molar refractivity (Wildman–Crippen MR) is 70.3 cm³/mol. The molecule has 0 amide bonds. The van der Waals surface area contributed by atoms with Crippen molar-refractivity contribution >= 4 is 5.97 Å². The summed E-state index contributed by atoms with van der Waals surface area (Å²) in [5.74, 6) is 0.607. The van der Waals surface area contributed by atoms with Crippen LogP contribution in [0, 0.1) is 0 Å². The van der Waals surface area contributed by atoms with Crippen LogP contribution in [0.5, 0.6) is 17.2 Å². The zero-order valence-corrected chi connectivity index (χ0v) is 11.5. The molecular weight excluding hydrogens is 250 g/mol. The van der Waals surface area contributed by atoms with Gasteiger partial charge >= 0.3 is 5.97 Å². The van der Waals surface area contributed by atoms with Crippen molar-refractivity contribution in [1.82, 2.24) is 5.32 Å². The van der Waals surface area contributed by atoms with Gasteiger partial charge in [0, 0.05) is 0 Å². The Hall–Kier alpha value is -1.95. The van der Waals surface area contributed by atoms with E-state index in [4.69, 9.17) is 19.3 Å². The molecule has 6 heteroatoms. The van der Waals surface area contributed by atoms with Crippen LogP contribution in [-0.2, 0) is 11.2 Å². The molecule has 1 aromatic carbocycles. The van der Waals surface area contributed by atoms with Crippen LogP contribution < -0.4 is 19.5 Å². The van der Waals surface area contributed by atoms with Gasteiger partial charge in [-0.2, -0.15) is 0 Å². The third-order valence-electron chi connectivity index (χ3n) is 2.81. The molecule has 0 heterocycles. The summed E-state index contributed by atoms with van der Waals surface area (Å²) in [5, 5.41) is 11.8. The van der Waals surface area contributed by atoms with Crippen molar-refractivity contribution in [1.29, 1.82) is 0 Å². The zero-order chi connectivity index (χ0) is 14.4. The maximum absolute atomic E-state index is 11.0. The number of benzene rings is 1. The van der Waals surface area contributed by atoms with Crippen LogP contribution in [0.4, 0.5) is 0 Å². The Morgan fingerprint density at radius 3 is 2.05 bits per heavy atom. The molecule has 0 bridgehead atoms. The number of rotatable bonds is 7. The summed E-state index contributed by atoms with van der Waals surface area (Å²) < 4.78 is 15.7. The molecule has 1 aromatic rings. The zero-order valence-electron chi connectivity index (χ0n) is 11.5. The molecule has 1 atom stereocenters. The van der Waals surface area contributed by atoms with Crippen molar-refractivity contribution in [2.45, 2.75) is 12.5 Å². The molecule has 0 fully saturated rings. The molecule has 2 N–H and O–H groups in total. The van der Waals surface area contributed by atoms with Crippen molar-refractivity contribution in [3.05, 3.63) is 17.7 Å². The molecular formula is C13H19NO5. The SMILES string of the molecule is CNC(Cc1cc(OC)c(OC)c(OC)c1)C(=O)O. The Balaban J connectivity index is 3.12. The third kappa shape index (κ3) is 3.51. The molecule has 0 saturated carbocycles. The van der Waals surface area contributed by atoms with Crippen LogP contribution in [-0.4, -0.2) is 45.5 Å². The molecule has 0 aromatic heterocycles. The first-order chi connectivity index (χ1) is 9.07. The highest BCUT2D eigenvalue weighted by Crippen LogP contribution is 2.38. The molecule has 1 unspecified atom stereocenters. The first kappa shape index (κ1) is 15.1. The van der Waals surface area contributed by atoms with E-state index in [1.165, 1.54) is 21.3 Å². The Morgan fingerprint density at radius 2 is 1.74 bits per heavy atom. The van der Waals surface area contributed by atoms with E-state index < -0.39 is 12.0 Å². The Labute approximate surface area is 112 Å². The van der Waals surface area contributed by atoms with Gasteiger partial charge in [0.15, 0.2) is 11.5 Å². The average molecular weight is 269 g/mol. The maximum atomic E-state index is 11.0. The lowest BCUT2D eigenvalue weighted by Gasteiger charge is -2.16. The second kappa shape index (κ2) is 6.84. The average Bonchev–Trinajstić information content (AvgIpc) is 2.42. The number of methoxy groups -OCH3 is 3. The van der Waals surface area contributed by atoms with Crippen molar-refractivity contribution in [3.8, 4) is 17.2 Å². The number of carboxylic acids is 1. The van der Waals surface area contributed by atoms with Gasteiger partial charge in [0.05, 0.1) is 21.3 Å². The van der Waals surface area contributed by atoms with Crippen LogP contribution in [0.1, 0.15) is 5.56 Å².